The summed E-state index contributed by atoms with van der Waals surface area (Å²) in [6.45, 7) is 0.355. The molecular weight excluding hydrogens is 244 g/mol. The fourth-order valence-corrected chi connectivity index (χ4v) is 1.55. The van der Waals surface area contributed by atoms with Crippen LogP contribution in [0.15, 0.2) is 36.7 Å². The molecule has 2 rings (SSSR count). The molecule has 2 aromatic rings. The standard InChI is InChI=1S/C13H14N4O2/c1-19-11-7-9(4-6-15-11)8-17-13(18)12-10(14)3-2-5-16-12/h2-7H,8,14H2,1H3,(H,17,18). The minimum atomic E-state index is -0.311. The Morgan fingerprint density at radius 3 is 2.95 bits per heavy atom. The number of anilines is 1. The van der Waals surface area contributed by atoms with Crippen molar-refractivity contribution in [2.45, 2.75) is 6.54 Å². The summed E-state index contributed by atoms with van der Waals surface area (Å²) in [6, 6.07) is 6.86. The molecule has 0 aliphatic carbocycles. The summed E-state index contributed by atoms with van der Waals surface area (Å²) in [5.74, 6) is 0.193. The van der Waals surface area contributed by atoms with Crippen molar-refractivity contribution in [2.24, 2.45) is 0 Å². The molecule has 0 aliphatic rings. The Morgan fingerprint density at radius 2 is 2.21 bits per heavy atom. The van der Waals surface area contributed by atoms with Crippen LogP contribution in [0.25, 0.3) is 0 Å². The van der Waals surface area contributed by atoms with E-state index in [1.807, 2.05) is 0 Å². The zero-order valence-electron chi connectivity index (χ0n) is 10.5. The normalized spacial score (nSPS) is 9.95. The quantitative estimate of drug-likeness (QED) is 0.853. The van der Waals surface area contributed by atoms with Crippen LogP contribution in [0.3, 0.4) is 0 Å². The van der Waals surface area contributed by atoms with Crippen LogP contribution in [-0.4, -0.2) is 23.0 Å². The predicted molar refractivity (Wildman–Crippen MR) is 70.6 cm³/mol. The van der Waals surface area contributed by atoms with E-state index in [1.54, 1.807) is 37.6 Å². The van der Waals surface area contributed by atoms with Gasteiger partial charge in [0.1, 0.15) is 0 Å². The highest BCUT2D eigenvalue weighted by Crippen LogP contribution is 2.10. The maximum Gasteiger partial charge on any atom is 0.272 e. The summed E-state index contributed by atoms with van der Waals surface area (Å²) >= 11 is 0. The Kier molecular flexibility index (Phi) is 3.92. The molecule has 0 fully saturated rings. The number of methoxy groups -OCH3 is 1. The van der Waals surface area contributed by atoms with Crippen molar-refractivity contribution >= 4 is 11.6 Å². The molecule has 0 radical (unpaired) electrons. The number of rotatable bonds is 4. The van der Waals surface area contributed by atoms with Gasteiger partial charge in [-0.05, 0) is 23.8 Å². The van der Waals surface area contributed by atoms with E-state index >= 15 is 0 Å². The molecule has 2 aromatic heterocycles. The molecule has 0 atom stereocenters. The van der Waals surface area contributed by atoms with Crippen LogP contribution in [-0.2, 0) is 6.54 Å². The van der Waals surface area contributed by atoms with Gasteiger partial charge in [-0.25, -0.2) is 9.97 Å². The van der Waals surface area contributed by atoms with Crippen LogP contribution in [0.1, 0.15) is 16.1 Å². The number of carbonyl (C=O) groups excluding carboxylic acids is 1. The van der Waals surface area contributed by atoms with E-state index in [0.29, 0.717) is 18.1 Å². The number of hydrogen-bond donors (Lipinski definition) is 2. The Hall–Kier alpha value is -2.63. The van der Waals surface area contributed by atoms with Crippen LogP contribution in [0.5, 0.6) is 5.88 Å². The molecule has 0 spiro atoms. The van der Waals surface area contributed by atoms with E-state index < -0.39 is 0 Å². The van der Waals surface area contributed by atoms with Gasteiger partial charge in [-0.1, -0.05) is 0 Å². The molecule has 0 bridgehead atoms. The zero-order chi connectivity index (χ0) is 13.7. The van der Waals surface area contributed by atoms with Crippen molar-refractivity contribution < 1.29 is 9.53 Å². The lowest BCUT2D eigenvalue weighted by atomic mass is 10.2. The van der Waals surface area contributed by atoms with E-state index in [2.05, 4.69) is 15.3 Å². The van der Waals surface area contributed by atoms with Crippen LogP contribution in [0, 0.1) is 0 Å². The van der Waals surface area contributed by atoms with Crippen LogP contribution < -0.4 is 15.8 Å². The topological polar surface area (TPSA) is 90.1 Å². The fourth-order valence-electron chi connectivity index (χ4n) is 1.55. The molecule has 98 valence electrons. The van der Waals surface area contributed by atoms with Gasteiger partial charge in [0.15, 0.2) is 5.69 Å². The lowest BCUT2D eigenvalue weighted by molar-refractivity contribution is 0.0947. The SMILES string of the molecule is COc1cc(CNC(=O)c2ncccc2N)ccn1. The third-order valence-corrected chi connectivity index (χ3v) is 2.52. The first-order chi connectivity index (χ1) is 9.20. The van der Waals surface area contributed by atoms with Gasteiger partial charge in [-0.2, -0.15) is 0 Å². The number of carbonyl (C=O) groups is 1. The molecule has 0 aliphatic heterocycles. The highest BCUT2D eigenvalue weighted by Gasteiger charge is 2.10. The summed E-state index contributed by atoms with van der Waals surface area (Å²) in [6.07, 6.45) is 3.15. The van der Waals surface area contributed by atoms with Crippen LogP contribution in [0.4, 0.5) is 5.69 Å². The molecule has 3 N–H and O–H groups in total. The van der Waals surface area contributed by atoms with Gasteiger partial charge >= 0.3 is 0 Å². The van der Waals surface area contributed by atoms with Crippen molar-refractivity contribution in [3.63, 3.8) is 0 Å². The molecule has 2 heterocycles. The van der Waals surface area contributed by atoms with Crippen molar-refractivity contribution in [3.05, 3.63) is 47.9 Å². The van der Waals surface area contributed by atoms with E-state index in [4.69, 9.17) is 10.5 Å². The first-order valence-corrected chi connectivity index (χ1v) is 5.68. The molecule has 1 amide bonds. The largest absolute Gasteiger partial charge is 0.481 e. The summed E-state index contributed by atoms with van der Waals surface area (Å²) < 4.78 is 5.01. The Bertz CT molecular complexity index is 586. The Balaban J connectivity index is 2.02. The molecule has 0 unspecified atom stereocenters. The molecule has 19 heavy (non-hydrogen) atoms. The second kappa shape index (κ2) is 5.81. The van der Waals surface area contributed by atoms with Gasteiger partial charge in [0.2, 0.25) is 5.88 Å². The number of nitrogen functional groups attached to an aromatic ring is 1. The van der Waals surface area contributed by atoms with Crippen LogP contribution in [0.2, 0.25) is 0 Å². The number of nitrogens with one attached hydrogen (secondary N) is 1. The van der Waals surface area contributed by atoms with Crippen molar-refractivity contribution in [2.75, 3.05) is 12.8 Å². The number of ether oxygens (including phenoxy) is 1. The molecule has 0 saturated carbocycles. The third kappa shape index (κ3) is 3.19. The first-order valence-electron chi connectivity index (χ1n) is 5.68. The van der Waals surface area contributed by atoms with Crippen molar-refractivity contribution in [1.82, 2.24) is 15.3 Å². The minimum Gasteiger partial charge on any atom is -0.481 e. The third-order valence-electron chi connectivity index (χ3n) is 2.52. The molecule has 6 nitrogen and oxygen atoms in total. The monoisotopic (exact) mass is 258 g/mol. The van der Waals surface area contributed by atoms with E-state index in [9.17, 15) is 4.79 Å². The molecular formula is C13H14N4O2. The number of hydrogen-bond acceptors (Lipinski definition) is 5. The average Bonchev–Trinajstić information content (AvgIpc) is 2.45. The summed E-state index contributed by atoms with van der Waals surface area (Å²) in [4.78, 5) is 19.8. The first kappa shape index (κ1) is 12.8. The average molecular weight is 258 g/mol. The molecule has 0 saturated heterocycles. The van der Waals surface area contributed by atoms with E-state index in [1.165, 1.54) is 6.20 Å². The zero-order valence-corrected chi connectivity index (χ0v) is 10.5. The Labute approximate surface area is 110 Å². The summed E-state index contributed by atoms with van der Waals surface area (Å²) in [7, 11) is 1.54. The molecule has 0 aromatic carbocycles. The maximum absolute atomic E-state index is 11.9. The summed E-state index contributed by atoms with van der Waals surface area (Å²) in [5, 5.41) is 2.74. The van der Waals surface area contributed by atoms with Gasteiger partial charge in [-0.15, -0.1) is 0 Å². The number of nitrogens with zero attached hydrogens (tertiary/aromatic N) is 2. The summed E-state index contributed by atoms with van der Waals surface area (Å²) in [5.41, 5.74) is 7.15. The molecule has 6 heteroatoms. The smallest absolute Gasteiger partial charge is 0.272 e. The maximum atomic E-state index is 11.9. The van der Waals surface area contributed by atoms with E-state index in [-0.39, 0.29) is 11.6 Å². The highest BCUT2D eigenvalue weighted by atomic mass is 16.5. The van der Waals surface area contributed by atoms with Gasteiger partial charge in [0, 0.05) is 25.0 Å². The van der Waals surface area contributed by atoms with Gasteiger partial charge in [0.25, 0.3) is 5.91 Å². The number of pyridine rings is 2. The van der Waals surface area contributed by atoms with Gasteiger partial charge < -0.3 is 15.8 Å². The number of nitrogens with two attached hydrogens (primary N) is 1. The van der Waals surface area contributed by atoms with Crippen LogP contribution >= 0.6 is 0 Å². The minimum absolute atomic E-state index is 0.225. The Morgan fingerprint density at radius 1 is 1.37 bits per heavy atom. The number of amides is 1. The van der Waals surface area contributed by atoms with Crippen molar-refractivity contribution in [3.8, 4) is 5.88 Å². The highest BCUT2D eigenvalue weighted by molar-refractivity contribution is 5.96. The lowest BCUT2D eigenvalue weighted by Crippen LogP contribution is -2.24. The predicted octanol–water partition coefficient (Wildman–Crippen LogP) is 0.997. The number of aromatic nitrogens is 2. The second-order valence-electron chi connectivity index (χ2n) is 3.83. The van der Waals surface area contributed by atoms with Gasteiger partial charge in [-0.3, -0.25) is 4.79 Å². The van der Waals surface area contributed by atoms with Gasteiger partial charge in [0.05, 0.1) is 12.8 Å². The van der Waals surface area contributed by atoms with Crippen molar-refractivity contribution in [1.29, 1.82) is 0 Å². The van der Waals surface area contributed by atoms with E-state index in [0.717, 1.165) is 5.56 Å². The lowest BCUT2D eigenvalue weighted by Gasteiger charge is -2.07. The second-order valence-corrected chi connectivity index (χ2v) is 3.83. The fraction of sp³-hybridized carbons (Fsp3) is 0.154.